The van der Waals surface area contributed by atoms with Crippen LogP contribution in [0.4, 0.5) is 16.0 Å². The van der Waals surface area contributed by atoms with E-state index >= 15 is 0 Å². The Morgan fingerprint density at radius 1 is 0.653 bits per heavy atom. The van der Waals surface area contributed by atoms with E-state index in [1.54, 1.807) is 50.5 Å². The van der Waals surface area contributed by atoms with Crippen molar-refractivity contribution in [2.45, 2.75) is 136 Å². The Bertz CT molecular complexity index is 2630. The molecule has 9 rings (SSSR count). The van der Waals surface area contributed by atoms with Crippen LogP contribution in [0.25, 0.3) is 34.4 Å². The smallest absolute Gasteiger partial charge is 0.870 e. The van der Waals surface area contributed by atoms with Gasteiger partial charge in [-0.25, -0.2) is 44.3 Å². The number of rotatable bonds is 12. The van der Waals surface area contributed by atoms with Gasteiger partial charge in [-0.05, 0) is 88.6 Å². The number of halogens is 1. The number of oxazole rings is 3. The number of aliphatic hydroxyl groups is 2. The van der Waals surface area contributed by atoms with E-state index < -0.39 is 23.9 Å². The second-order valence-electron chi connectivity index (χ2n) is 17.2. The first-order chi connectivity index (χ1) is 34.3. The molecule has 404 valence electrons. The summed E-state index contributed by atoms with van der Waals surface area (Å²) in [5, 5.41) is 35.4. The number of esters is 2. The van der Waals surface area contributed by atoms with E-state index in [4.69, 9.17) is 33.6 Å². The van der Waals surface area contributed by atoms with Crippen LogP contribution in [0.2, 0.25) is 0 Å². The van der Waals surface area contributed by atoms with Crippen molar-refractivity contribution in [3.8, 4) is 34.4 Å². The van der Waals surface area contributed by atoms with E-state index in [1.807, 2.05) is 0 Å². The van der Waals surface area contributed by atoms with Gasteiger partial charge in [-0.2, -0.15) is 4.39 Å². The molecule has 75 heavy (non-hydrogen) atoms. The van der Waals surface area contributed by atoms with Gasteiger partial charge in [0.15, 0.2) is 17.1 Å². The van der Waals surface area contributed by atoms with Crippen molar-refractivity contribution in [3.05, 3.63) is 96.8 Å². The Balaban J connectivity index is 0.000000353. The van der Waals surface area contributed by atoms with Crippen LogP contribution < -0.4 is 35.2 Å². The maximum absolute atomic E-state index is 12.9. The molecule has 3 aliphatic carbocycles. The summed E-state index contributed by atoms with van der Waals surface area (Å²) >= 11 is 0. The summed E-state index contributed by atoms with van der Waals surface area (Å²) in [5.74, 6) is -0.112. The molecule has 0 amide bonds. The largest absolute Gasteiger partial charge is 1.00 e. The summed E-state index contributed by atoms with van der Waals surface area (Å²) in [6.07, 6.45) is 20.4. The van der Waals surface area contributed by atoms with E-state index in [0.717, 1.165) is 63.5 Å². The van der Waals surface area contributed by atoms with Gasteiger partial charge in [0, 0.05) is 47.4 Å². The second kappa shape index (κ2) is 32.7. The van der Waals surface area contributed by atoms with Crippen LogP contribution in [-0.2, 0) is 9.47 Å². The SMILES string of the molecule is C.CCOC(=O)c1coc(-c2ccnc(F)c2)n1.CCOC(=O)c1coc(-c2ccnc(N[C@H]3CCCC[C@@H]3O)c2)n1.C[C@H]1CCCC[C@@H]1N.O.O=C(O)c1coc(-c2ccnc(N[C@H]3CCCC[C@@H]3O)c2)n1.[Li+].[OH-]. The van der Waals surface area contributed by atoms with E-state index in [1.165, 1.54) is 56.5 Å². The molecule has 6 heterocycles. The van der Waals surface area contributed by atoms with Crippen molar-refractivity contribution in [2.24, 2.45) is 11.7 Å². The number of carbonyl (C=O) groups excluding carboxylic acids is 2. The zero-order valence-corrected chi connectivity index (χ0v) is 42.0. The molecule has 0 spiro atoms. The molecule has 0 saturated heterocycles. The summed E-state index contributed by atoms with van der Waals surface area (Å²) in [6, 6.07) is 10.2. The molecular formula is C51H69FLiN9O13. The molecular weight excluding hydrogens is 973 g/mol. The van der Waals surface area contributed by atoms with Gasteiger partial charge in [0.05, 0.1) is 37.5 Å². The van der Waals surface area contributed by atoms with Gasteiger partial charge in [-0.3, -0.25) is 0 Å². The molecule has 0 bridgehead atoms. The number of nitrogens with two attached hydrogens (primary N) is 1. The average Bonchev–Trinajstić information content (AvgIpc) is 4.19. The first-order valence-electron chi connectivity index (χ1n) is 23.9. The molecule has 0 aromatic carbocycles. The molecule has 10 N–H and O–H groups in total. The molecule has 3 saturated carbocycles. The van der Waals surface area contributed by atoms with Gasteiger partial charge in [-0.1, -0.05) is 52.9 Å². The van der Waals surface area contributed by atoms with Crippen LogP contribution in [0.1, 0.15) is 137 Å². The minimum Gasteiger partial charge on any atom is -0.870 e. The third-order valence-corrected chi connectivity index (χ3v) is 12.0. The third-order valence-electron chi connectivity index (χ3n) is 12.0. The van der Waals surface area contributed by atoms with Crippen LogP contribution in [0.15, 0.2) is 87.0 Å². The number of carboxylic acids is 1. The minimum absolute atomic E-state index is 0. The Hall–Kier alpha value is -6.58. The fourth-order valence-corrected chi connectivity index (χ4v) is 8.02. The van der Waals surface area contributed by atoms with Crippen molar-refractivity contribution in [1.29, 1.82) is 0 Å². The Morgan fingerprint density at radius 2 is 1.04 bits per heavy atom. The Labute approximate surface area is 446 Å². The number of nitrogens with zero attached hydrogens (tertiary/aromatic N) is 6. The Morgan fingerprint density at radius 3 is 1.41 bits per heavy atom. The molecule has 0 radical (unpaired) electrons. The summed E-state index contributed by atoms with van der Waals surface area (Å²) in [5.41, 5.74) is 7.58. The predicted molar refractivity (Wildman–Crippen MR) is 270 cm³/mol. The molecule has 6 atom stereocenters. The van der Waals surface area contributed by atoms with E-state index in [-0.39, 0.29) is 104 Å². The van der Waals surface area contributed by atoms with Gasteiger partial charge in [0.1, 0.15) is 30.4 Å². The number of aromatic nitrogens is 6. The molecule has 22 nitrogen and oxygen atoms in total. The maximum atomic E-state index is 12.9. The number of aliphatic hydroxyl groups excluding tert-OH is 2. The normalized spacial score (nSPS) is 19.5. The van der Waals surface area contributed by atoms with Crippen molar-refractivity contribution < 1.29 is 86.6 Å². The number of pyridine rings is 3. The van der Waals surface area contributed by atoms with E-state index in [2.05, 4.69) is 47.5 Å². The fraction of sp³-hybridized carbons (Fsp3) is 0.471. The van der Waals surface area contributed by atoms with Crippen LogP contribution in [0.3, 0.4) is 0 Å². The summed E-state index contributed by atoms with van der Waals surface area (Å²) in [4.78, 5) is 57.7. The average molecular weight is 1040 g/mol. The number of nitrogens with one attached hydrogen (secondary N) is 2. The van der Waals surface area contributed by atoms with Gasteiger partial charge in [0.2, 0.25) is 23.6 Å². The van der Waals surface area contributed by atoms with Crippen molar-refractivity contribution in [1.82, 2.24) is 29.9 Å². The van der Waals surface area contributed by atoms with Crippen LogP contribution >= 0.6 is 0 Å². The summed E-state index contributed by atoms with van der Waals surface area (Å²) in [7, 11) is 0. The monoisotopic (exact) mass is 1040 g/mol. The van der Waals surface area contributed by atoms with Gasteiger partial charge in [-0.15, -0.1) is 0 Å². The fourth-order valence-electron chi connectivity index (χ4n) is 8.02. The number of hydrogen-bond acceptors (Lipinski definition) is 20. The quantitative estimate of drug-likeness (QED) is 0.0534. The topological polar surface area (TPSA) is 359 Å². The van der Waals surface area contributed by atoms with Crippen LogP contribution in [-0.4, -0.2) is 118 Å². The zero-order valence-electron chi connectivity index (χ0n) is 42.0. The predicted octanol–water partition coefficient (Wildman–Crippen LogP) is 4.99. The Kier molecular flexibility index (Phi) is 28.1. The first kappa shape index (κ1) is 64.5. The number of carbonyl (C=O) groups is 3. The molecule has 6 aromatic rings. The minimum atomic E-state index is -1.13. The first-order valence-corrected chi connectivity index (χ1v) is 23.9. The summed E-state index contributed by atoms with van der Waals surface area (Å²) in [6.45, 7) is 6.22. The van der Waals surface area contributed by atoms with Gasteiger partial charge >= 0.3 is 36.8 Å². The molecule has 24 heteroatoms. The van der Waals surface area contributed by atoms with Gasteiger partial charge in [0.25, 0.3) is 0 Å². The molecule has 3 fully saturated rings. The van der Waals surface area contributed by atoms with Crippen molar-refractivity contribution in [2.75, 3.05) is 23.8 Å². The van der Waals surface area contributed by atoms with Crippen molar-refractivity contribution in [3.63, 3.8) is 0 Å². The summed E-state index contributed by atoms with van der Waals surface area (Å²) < 4.78 is 38.1. The van der Waals surface area contributed by atoms with E-state index in [0.29, 0.717) is 40.3 Å². The second-order valence-corrected chi connectivity index (χ2v) is 17.2. The number of ether oxygens (including phenoxy) is 2. The molecule has 3 aliphatic rings. The molecule has 6 aromatic heterocycles. The van der Waals surface area contributed by atoms with Crippen LogP contribution in [0, 0.1) is 11.9 Å². The van der Waals surface area contributed by atoms with Crippen LogP contribution in [0.5, 0.6) is 0 Å². The van der Waals surface area contributed by atoms with E-state index in [9.17, 15) is 29.0 Å². The zero-order chi connectivity index (χ0) is 50.7. The van der Waals surface area contributed by atoms with Crippen molar-refractivity contribution >= 4 is 29.5 Å². The number of aromatic carboxylic acids is 1. The standard InChI is InChI=1S/C17H21N3O4.C15H17N3O4.C11H9FN2O3.C7H15N.CH4.Li.2H2O/c1-2-23-17(22)13-10-24-16(20-13)11-7-8-18-15(9-11)19-12-5-3-4-6-14(12)21;19-12-4-2-1-3-10(12)17-13-7-9(5-6-16-13)14-18-11(8-22-14)15(20)21;1-2-16-11(15)8-6-17-10(14-8)7-3-4-13-9(12)5-7;1-6-4-2-3-5-7(6)8;;;;/h7-10,12,14,21H,2-6H2,1H3,(H,18,19);5-8,10,12,19H,1-4H2,(H,16,17)(H,20,21);3-6H,2H2,1H3;6-7H,2-5,8H2,1H3;1H4;;2*1H2/q;;;;;+1;;/p-1/t12-,14-;10-,12-;;6-,7-;;;;/m00.0..../s1. The molecule has 0 aliphatic heterocycles. The number of hydrogen-bond donors (Lipinski definition) is 6. The number of anilines is 2. The number of carboxylic acid groups (broad SMARTS) is 1. The molecule has 0 unspecified atom stereocenters. The maximum Gasteiger partial charge on any atom is 1.00 e. The van der Waals surface area contributed by atoms with Gasteiger partial charge < -0.3 is 65.4 Å². The third kappa shape index (κ3) is 19.6.